The van der Waals surface area contributed by atoms with Crippen molar-refractivity contribution in [3.05, 3.63) is 29.5 Å². The van der Waals surface area contributed by atoms with Crippen LogP contribution in [0, 0.1) is 0 Å². The summed E-state index contributed by atoms with van der Waals surface area (Å²) in [6.45, 7) is 2.01. The van der Waals surface area contributed by atoms with Crippen LogP contribution in [0.15, 0.2) is 18.2 Å². The molecule has 0 amide bonds. The summed E-state index contributed by atoms with van der Waals surface area (Å²) in [5, 5.41) is 19.4. The molecular formula is C13H15NO3. The average molecular weight is 233 g/mol. The maximum Gasteiger partial charge on any atom is 0.338 e. The molecule has 2 aromatic rings. The van der Waals surface area contributed by atoms with Crippen molar-refractivity contribution in [3.8, 4) is 5.75 Å². The zero-order valence-electron chi connectivity index (χ0n) is 9.90. The normalized spacial score (nSPS) is 10.9. The van der Waals surface area contributed by atoms with Crippen molar-refractivity contribution >= 4 is 16.9 Å². The second-order valence-corrected chi connectivity index (χ2v) is 4.14. The highest BCUT2D eigenvalue weighted by Gasteiger charge is 2.19. The van der Waals surface area contributed by atoms with Crippen molar-refractivity contribution in [1.82, 2.24) is 4.57 Å². The number of benzene rings is 1. The topological polar surface area (TPSA) is 62.5 Å². The third-order valence-electron chi connectivity index (χ3n) is 3.00. The monoisotopic (exact) mass is 233 g/mol. The van der Waals surface area contributed by atoms with E-state index < -0.39 is 5.97 Å². The summed E-state index contributed by atoms with van der Waals surface area (Å²) in [5.41, 5.74) is 1.95. The Labute approximate surface area is 99.1 Å². The molecule has 0 unspecified atom stereocenters. The lowest BCUT2D eigenvalue weighted by atomic mass is 10.1. The van der Waals surface area contributed by atoms with E-state index in [9.17, 15) is 15.0 Å². The second kappa shape index (κ2) is 4.13. The SMILES string of the molecule is CCCc1c(C(=O)O)c2cc(O)ccc2n1C. The van der Waals surface area contributed by atoms with Gasteiger partial charge in [-0.2, -0.15) is 0 Å². The molecule has 2 rings (SSSR count). The van der Waals surface area contributed by atoms with E-state index in [1.807, 2.05) is 18.5 Å². The van der Waals surface area contributed by atoms with Gasteiger partial charge in [0.2, 0.25) is 0 Å². The molecule has 0 bridgehead atoms. The number of hydrogen-bond acceptors (Lipinski definition) is 2. The van der Waals surface area contributed by atoms with E-state index >= 15 is 0 Å². The quantitative estimate of drug-likeness (QED) is 0.856. The number of aromatic carboxylic acids is 1. The number of hydrogen-bond donors (Lipinski definition) is 2. The molecule has 1 aromatic heterocycles. The average Bonchev–Trinajstić information content (AvgIpc) is 2.52. The van der Waals surface area contributed by atoms with E-state index in [-0.39, 0.29) is 5.75 Å². The van der Waals surface area contributed by atoms with Gasteiger partial charge in [0.25, 0.3) is 0 Å². The highest BCUT2D eigenvalue weighted by molar-refractivity contribution is 6.05. The lowest BCUT2D eigenvalue weighted by molar-refractivity contribution is 0.0697. The van der Waals surface area contributed by atoms with Crippen molar-refractivity contribution in [3.63, 3.8) is 0 Å². The molecule has 2 N–H and O–H groups in total. The zero-order valence-corrected chi connectivity index (χ0v) is 9.90. The first kappa shape index (κ1) is 11.5. The van der Waals surface area contributed by atoms with Crippen LogP contribution in [0.3, 0.4) is 0 Å². The minimum absolute atomic E-state index is 0.0913. The standard InChI is InChI=1S/C13H15NO3/c1-3-4-11-12(13(16)17)9-7-8(15)5-6-10(9)14(11)2/h5-7,15H,3-4H2,1-2H3,(H,16,17). The van der Waals surface area contributed by atoms with Crippen LogP contribution < -0.4 is 0 Å². The van der Waals surface area contributed by atoms with Crippen molar-refractivity contribution in [2.75, 3.05) is 0 Å². The second-order valence-electron chi connectivity index (χ2n) is 4.14. The van der Waals surface area contributed by atoms with Crippen molar-refractivity contribution in [2.45, 2.75) is 19.8 Å². The Morgan fingerprint density at radius 2 is 2.12 bits per heavy atom. The predicted octanol–water partition coefficient (Wildman–Crippen LogP) is 2.53. The Hall–Kier alpha value is -1.97. The van der Waals surface area contributed by atoms with Crippen LogP contribution in [0.1, 0.15) is 29.4 Å². The van der Waals surface area contributed by atoms with E-state index in [4.69, 9.17) is 0 Å². The van der Waals surface area contributed by atoms with Gasteiger partial charge in [-0.1, -0.05) is 13.3 Å². The van der Waals surface area contributed by atoms with Crippen LogP contribution >= 0.6 is 0 Å². The van der Waals surface area contributed by atoms with Crippen LogP contribution in [0.25, 0.3) is 10.9 Å². The lowest BCUT2D eigenvalue weighted by Crippen LogP contribution is -2.03. The van der Waals surface area contributed by atoms with Gasteiger partial charge in [-0.3, -0.25) is 0 Å². The summed E-state index contributed by atoms with van der Waals surface area (Å²) in [5.74, 6) is -0.849. The van der Waals surface area contributed by atoms with Gasteiger partial charge in [0.15, 0.2) is 0 Å². The number of rotatable bonds is 3. The van der Waals surface area contributed by atoms with Crippen LogP contribution in [0.2, 0.25) is 0 Å². The van der Waals surface area contributed by atoms with E-state index in [0.717, 1.165) is 17.6 Å². The van der Waals surface area contributed by atoms with E-state index in [1.165, 1.54) is 6.07 Å². The number of aryl methyl sites for hydroxylation is 1. The summed E-state index contributed by atoms with van der Waals surface area (Å²) >= 11 is 0. The number of phenols is 1. The Bertz CT molecular complexity index is 584. The van der Waals surface area contributed by atoms with E-state index in [0.29, 0.717) is 17.4 Å². The van der Waals surface area contributed by atoms with Gasteiger partial charge in [-0.25, -0.2) is 4.79 Å². The Morgan fingerprint density at radius 3 is 2.71 bits per heavy atom. The van der Waals surface area contributed by atoms with Crippen LogP contribution in [-0.4, -0.2) is 20.7 Å². The van der Waals surface area contributed by atoms with Gasteiger partial charge >= 0.3 is 5.97 Å². The molecule has 1 aromatic carbocycles. The third-order valence-corrected chi connectivity index (χ3v) is 3.00. The predicted molar refractivity (Wildman–Crippen MR) is 65.5 cm³/mol. The molecule has 17 heavy (non-hydrogen) atoms. The molecule has 0 radical (unpaired) electrons. The number of phenolic OH excluding ortho intramolecular Hbond substituents is 1. The molecule has 4 heteroatoms. The maximum atomic E-state index is 11.3. The molecule has 0 aliphatic heterocycles. The first-order chi connectivity index (χ1) is 8.06. The number of carboxylic acids is 1. The molecule has 0 aliphatic carbocycles. The van der Waals surface area contributed by atoms with Crippen molar-refractivity contribution in [2.24, 2.45) is 7.05 Å². The number of aromatic hydroxyl groups is 1. The fourth-order valence-corrected chi connectivity index (χ4v) is 2.25. The number of carboxylic acid groups (broad SMARTS) is 1. The molecule has 0 fully saturated rings. The van der Waals surface area contributed by atoms with Crippen LogP contribution in [0.5, 0.6) is 5.75 Å². The van der Waals surface area contributed by atoms with E-state index in [1.54, 1.807) is 12.1 Å². The first-order valence-corrected chi connectivity index (χ1v) is 5.59. The molecule has 4 nitrogen and oxygen atoms in total. The maximum absolute atomic E-state index is 11.3. The highest BCUT2D eigenvalue weighted by Crippen LogP contribution is 2.29. The van der Waals surface area contributed by atoms with Gasteiger partial charge < -0.3 is 14.8 Å². The lowest BCUT2D eigenvalue weighted by Gasteiger charge is -2.03. The molecular weight excluding hydrogens is 218 g/mol. The van der Waals surface area contributed by atoms with Gasteiger partial charge in [-0.05, 0) is 24.6 Å². The fourth-order valence-electron chi connectivity index (χ4n) is 2.25. The zero-order chi connectivity index (χ0) is 12.6. The summed E-state index contributed by atoms with van der Waals surface area (Å²) in [7, 11) is 1.86. The Balaban J connectivity index is 2.83. The Morgan fingerprint density at radius 1 is 1.41 bits per heavy atom. The molecule has 0 spiro atoms. The Kier molecular flexibility index (Phi) is 2.79. The van der Waals surface area contributed by atoms with Crippen molar-refractivity contribution < 1.29 is 15.0 Å². The molecule has 0 atom stereocenters. The smallest absolute Gasteiger partial charge is 0.338 e. The minimum atomic E-state index is -0.940. The summed E-state index contributed by atoms with van der Waals surface area (Å²) in [6.07, 6.45) is 1.60. The fraction of sp³-hybridized carbons (Fsp3) is 0.308. The van der Waals surface area contributed by atoms with Crippen molar-refractivity contribution in [1.29, 1.82) is 0 Å². The summed E-state index contributed by atoms with van der Waals surface area (Å²) in [4.78, 5) is 11.3. The third kappa shape index (κ3) is 1.75. The molecule has 90 valence electrons. The highest BCUT2D eigenvalue weighted by atomic mass is 16.4. The van der Waals surface area contributed by atoms with Crippen LogP contribution in [-0.2, 0) is 13.5 Å². The largest absolute Gasteiger partial charge is 0.508 e. The van der Waals surface area contributed by atoms with Gasteiger partial charge in [0.05, 0.1) is 5.56 Å². The van der Waals surface area contributed by atoms with Gasteiger partial charge in [0.1, 0.15) is 5.75 Å². The number of carbonyl (C=O) groups is 1. The molecule has 0 aliphatic rings. The molecule has 1 heterocycles. The number of fused-ring (bicyclic) bond motifs is 1. The summed E-state index contributed by atoms with van der Waals surface area (Å²) in [6, 6.07) is 4.83. The van der Waals surface area contributed by atoms with E-state index in [2.05, 4.69) is 0 Å². The first-order valence-electron chi connectivity index (χ1n) is 5.59. The molecule has 0 saturated carbocycles. The van der Waals surface area contributed by atoms with Gasteiger partial charge in [0, 0.05) is 23.6 Å². The van der Waals surface area contributed by atoms with Gasteiger partial charge in [-0.15, -0.1) is 0 Å². The van der Waals surface area contributed by atoms with Crippen LogP contribution in [0.4, 0.5) is 0 Å². The number of aromatic nitrogens is 1. The summed E-state index contributed by atoms with van der Waals surface area (Å²) < 4.78 is 1.89. The number of nitrogens with zero attached hydrogens (tertiary/aromatic N) is 1. The minimum Gasteiger partial charge on any atom is -0.508 e. The molecule has 0 saturated heterocycles.